The third-order valence-electron chi connectivity index (χ3n) is 8.03. The van der Waals surface area contributed by atoms with Gasteiger partial charge in [0.05, 0.1) is 18.0 Å². The van der Waals surface area contributed by atoms with E-state index in [-0.39, 0.29) is 18.3 Å². The molecule has 2 aromatic rings. The van der Waals surface area contributed by atoms with Crippen LogP contribution in [-0.2, 0) is 18.6 Å². The van der Waals surface area contributed by atoms with Crippen molar-refractivity contribution in [2.24, 2.45) is 10.0 Å². The molecular formula is C28H51N5O6Si2. The SMILES string of the molecule is CC(C)[Si](OCO[C@@H]1[C@H](OC(C)(C)C)[C@@H](C(O)C(C)(C)C)O[C@H]1n1cnc2c(=O)[nH]c(N=[SiH2])nc21)(C(C)C)C(C)C. The number of hydrogen-bond acceptors (Lipinski definition) is 9. The van der Waals surface area contributed by atoms with E-state index < -0.39 is 55.5 Å². The maximum Gasteiger partial charge on any atom is 0.280 e. The van der Waals surface area contributed by atoms with Crippen LogP contribution in [0.4, 0.5) is 5.95 Å². The van der Waals surface area contributed by atoms with Gasteiger partial charge in [-0.3, -0.25) is 19.0 Å². The Morgan fingerprint density at radius 1 is 1.10 bits per heavy atom. The Kier molecular flexibility index (Phi) is 10.4. The summed E-state index contributed by atoms with van der Waals surface area (Å²) in [5.74, 6) is 0.191. The van der Waals surface area contributed by atoms with E-state index in [2.05, 4.69) is 61.1 Å². The van der Waals surface area contributed by atoms with E-state index in [0.29, 0.717) is 22.3 Å². The average molecular weight is 610 g/mol. The van der Waals surface area contributed by atoms with Crippen LogP contribution in [-0.4, -0.2) is 79.8 Å². The number of aromatic nitrogens is 4. The summed E-state index contributed by atoms with van der Waals surface area (Å²) in [7, 11) is -0.896. The lowest BCUT2D eigenvalue weighted by molar-refractivity contribution is -0.164. The number of nitrogens with one attached hydrogen (secondary N) is 1. The number of fused-ring (bicyclic) bond motifs is 1. The summed E-state index contributed by atoms with van der Waals surface area (Å²) in [6, 6.07) is 0. The lowest BCUT2D eigenvalue weighted by atomic mass is 9.83. The van der Waals surface area contributed by atoms with Crippen molar-refractivity contribution < 1.29 is 23.7 Å². The fraction of sp³-hybridized carbons (Fsp3) is 0.821. The highest BCUT2D eigenvalue weighted by Gasteiger charge is 2.54. The molecule has 1 aliphatic rings. The molecule has 0 aromatic carbocycles. The first-order valence-electron chi connectivity index (χ1n) is 14.6. The first kappa shape index (κ1) is 33.9. The van der Waals surface area contributed by atoms with Crippen molar-refractivity contribution in [2.75, 3.05) is 6.79 Å². The van der Waals surface area contributed by atoms with Crippen LogP contribution in [0.25, 0.3) is 11.2 Å². The number of aliphatic hydroxyl groups excluding tert-OH is 1. The van der Waals surface area contributed by atoms with E-state index in [1.807, 2.05) is 41.5 Å². The quantitative estimate of drug-likeness (QED) is 0.279. The van der Waals surface area contributed by atoms with Crippen molar-refractivity contribution in [1.82, 2.24) is 19.5 Å². The van der Waals surface area contributed by atoms with Crippen molar-refractivity contribution in [3.8, 4) is 0 Å². The fourth-order valence-corrected chi connectivity index (χ4v) is 11.7. The second-order valence-electron chi connectivity index (χ2n) is 14.1. The molecule has 13 heteroatoms. The highest BCUT2D eigenvalue weighted by Crippen LogP contribution is 2.44. The van der Waals surface area contributed by atoms with Gasteiger partial charge in [0.2, 0.25) is 14.3 Å². The zero-order valence-corrected chi connectivity index (χ0v) is 29.3. The van der Waals surface area contributed by atoms with Gasteiger partial charge >= 0.3 is 0 Å². The Hall–Kier alpha value is -1.62. The van der Waals surface area contributed by atoms with Crippen molar-refractivity contribution in [1.29, 1.82) is 0 Å². The third kappa shape index (κ3) is 6.97. The zero-order chi connectivity index (χ0) is 31.1. The van der Waals surface area contributed by atoms with Gasteiger partial charge < -0.3 is 23.7 Å². The summed E-state index contributed by atoms with van der Waals surface area (Å²) in [5, 5.41) is 11.5. The number of H-pyrrole nitrogens is 1. The minimum atomic E-state index is -2.23. The molecule has 232 valence electrons. The molecule has 0 radical (unpaired) electrons. The number of ether oxygens (including phenoxy) is 3. The number of aromatic amines is 1. The Morgan fingerprint density at radius 2 is 1.68 bits per heavy atom. The molecule has 3 heterocycles. The van der Waals surface area contributed by atoms with Gasteiger partial charge in [0.1, 0.15) is 35.1 Å². The topological polar surface area (TPSA) is 133 Å². The van der Waals surface area contributed by atoms with Crippen LogP contribution in [0.5, 0.6) is 0 Å². The van der Waals surface area contributed by atoms with Crippen molar-refractivity contribution >= 4 is 35.5 Å². The third-order valence-corrected chi connectivity index (χ3v) is 14.4. The van der Waals surface area contributed by atoms with Gasteiger partial charge in [-0.25, -0.2) is 4.98 Å². The van der Waals surface area contributed by atoms with Crippen LogP contribution >= 0.6 is 0 Å². The van der Waals surface area contributed by atoms with Gasteiger partial charge in [-0.2, -0.15) is 4.98 Å². The highest BCUT2D eigenvalue weighted by atomic mass is 28.4. The summed E-state index contributed by atoms with van der Waals surface area (Å²) in [4.78, 5) is 24.2. The molecule has 0 spiro atoms. The number of aliphatic hydroxyl groups is 1. The van der Waals surface area contributed by atoms with Crippen molar-refractivity contribution in [2.45, 2.75) is 136 Å². The molecule has 0 aliphatic carbocycles. The van der Waals surface area contributed by atoms with Crippen LogP contribution in [0.2, 0.25) is 16.6 Å². The van der Waals surface area contributed by atoms with Gasteiger partial charge in [-0.1, -0.05) is 62.3 Å². The smallest absolute Gasteiger partial charge is 0.280 e. The molecule has 2 aromatic heterocycles. The number of imidazole rings is 1. The molecule has 5 atom stereocenters. The van der Waals surface area contributed by atoms with Gasteiger partial charge in [0.25, 0.3) is 5.56 Å². The highest BCUT2D eigenvalue weighted by molar-refractivity contribution is 6.77. The lowest BCUT2D eigenvalue weighted by Gasteiger charge is -2.42. The first-order valence-corrected chi connectivity index (χ1v) is 17.3. The zero-order valence-electron chi connectivity index (χ0n) is 26.9. The molecule has 0 saturated carbocycles. The summed E-state index contributed by atoms with van der Waals surface area (Å²) >= 11 is 0. The average Bonchev–Trinajstić information content (AvgIpc) is 3.40. The Morgan fingerprint density at radius 3 is 2.17 bits per heavy atom. The van der Waals surface area contributed by atoms with E-state index in [1.165, 1.54) is 16.4 Å². The standard InChI is InChI=1S/C28H51N5O6Si2/c1-15(2)41(16(3)4,17(5)6)37-14-36-21-19(39-28(10,11)12)20(22(34)27(7,8)9)38-25(21)33-13-29-18-23(33)30-26(32-40)31-24(18)35/h13,15-17,19-22,25,34H,14,40H2,1-12H3,(H,30,31,35)/t19-,20+,21-,22?,25-/m1/s1. The van der Waals surface area contributed by atoms with Gasteiger partial charge in [0.15, 0.2) is 17.4 Å². The van der Waals surface area contributed by atoms with Crippen LogP contribution in [0.15, 0.2) is 15.8 Å². The molecule has 1 saturated heterocycles. The number of rotatable bonds is 11. The largest absolute Gasteiger partial charge is 0.394 e. The van der Waals surface area contributed by atoms with Crippen LogP contribution in [0.1, 0.15) is 89.3 Å². The molecule has 11 nitrogen and oxygen atoms in total. The van der Waals surface area contributed by atoms with E-state index in [4.69, 9.17) is 18.6 Å². The molecule has 3 rings (SSSR count). The number of hydrogen-bond donors (Lipinski definition) is 2. The Labute approximate surface area is 248 Å². The molecule has 1 aliphatic heterocycles. The molecule has 0 bridgehead atoms. The van der Waals surface area contributed by atoms with Crippen molar-refractivity contribution in [3.63, 3.8) is 0 Å². The predicted octanol–water partition coefficient (Wildman–Crippen LogP) is 4.59. The summed E-state index contributed by atoms with van der Waals surface area (Å²) in [6.07, 6.45) is -2.24. The van der Waals surface area contributed by atoms with Gasteiger partial charge in [0, 0.05) is 0 Å². The fourth-order valence-electron chi connectivity index (χ4n) is 6.25. The second-order valence-corrected chi connectivity index (χ2v) is 19.9. The van der Waals surface area contributed by atoms with E-state index in [9.17, 15) is 9.90 Å². The predicted molar refractivity (Wildman–Crippen MR) is 165 cm³/mol. The van der Waals surface area contributed by atoms with Crippen LogP contribution in [0.3, 0.4) is 0 Å². The molecule has 41 heavy (non-hydrogen) atoms. The molecular weight excluding hydrogens is 559 g/mol. The monoisotopic (exact) mass is 609 g/mol. The van der Waals surface area contributed by atoms with Crippen molar-refractivity contribution in [3.05, 3.63) is 16.7 Å². The molecule has 1 fully saturated rings. The minimum Gasteiger partial charge on any atom is -0.394 e. The van der Waals surface area contributed by atoms with Gasteiger partial charge in [-0.15, -0.1) is 0 Å². The lowest BCUT2D eigenvalue weighted by Crippen LogP contribution is -2.51. The minimum absolute atomic E-state index is 0.0466. The summed E-state index contributed by atoms with van der Waals surface area (Å²) in [5.41, 5.74) is 0.157. The normalized spacial score (nSPS) is 23.3. The van der Waals surface area contributed by atoms with Crippen LogP contribution < -0.4 is 5.56 Å². The second kappa shape index (κ2) is 12.5. The van der Waals surface area contributed by atoms with Gasteiger partial charge in [-0.05, 0) is 42.8 Å². The Balaban J connectivity index is 2.12. The molecule has 0 amide bonds. The molecule has 1 unspecified atom stereocenters. The Bertz CT molecular complexity index is 1230. The first-order chi connectivity index (χ1) is 18.8. The summed E-state index contributed by atoms with van der Waals surface area (Å²) < 4.78 is 32.3. The summed E-state index contributed by atoms with van der Waals surface area (Å²) in [6.45, 7) is 25.2. The number of nitrogens with zero attached hydrogens (tertiary/aromatic N) is 4. The van der Waals surface area contributed by atoms with E-state index in [1.54, 1.807) is 4.57 Å². The maximum atomic E-state index is 12.7. The molecule has 2 N–H and O–H groups in total. The van der Waals surface area contributed by atoms with E-state index >= 15 is 0 Å². The van der Waals surface area contributed by atoms with E-state index in [0.717, 1.165) is 0 Å². The maximum absolute atomic E-state index is 12.7. The van der Waals surface area contributed by atoms with Crippen LogP contribution in [0, 0.1) is 5.41 Å².